The van der Waals surface area contributed by atoms with Crippen LogP contribution < -0.4 is 10.6 Å². The van der Waals surface area contributed by atoms with E-state index in [0.717, 1.165) is 11.1 Å². The second-order valence-electron chi connectivity index (χ2n) is 5.45. The van der Waals surface area contributed by atoms with Crippen LogP contribution in [0.2, 0.25) is 0 Å². The van der Waals surface area contributed by atoms with Gasteiger partial charge < -0.3 is 9.15 Å². The molecule has 0 bridgehead atoms. The second kappa shape index (κ2) is 5.67. The van der Waals surface area contributed by atoms with E-state index in [4.69, 9.17) is 21.4 Å². The van der Waals surface area contributed by atoms with Crippen LogP contribution in [0.25, 0.3) is 17.4 Å². The molecule has 7 nitrogen and oxygen atoms in total. The van der Waals surface area contributed by atoms with Crippen LogP contribution >= 0.6 is 12.2 Å². The van der Waals surface area contributed by atoms with Gasteiger partial charge >= 0.3 is 5.97 Å². The summed E-state index contributed by atoms with van der Waals surface area (Å²) in [5.74, 6) is -0.615. The van der Waals surface area contributed by atoms with Crippen LogP contribution in [0, 0.1) is 0 Å². The summed E-state index contributed by atoms with van der Waals surface area (Å²) in [5, 5.41) is 4.69. The number of ether oxygens (including phenoxy) is 1. The third-order valence-corrected chi connectivity index (χ3v) is 4.03. The lowest BCUT2D eigenvalue weighted by Gasteiger charge is -2.15. The molecule has 3 heterocycles. The summed E-state index contributed by atoms with van der Waals surface area (Å²) in [7, 11) is 0. The molecule has 0 aliphatic carbocycles. The van der Waals surface area contributed by atoms with E-state index in [2.05, 4.69) is 10.6 Å². The molecule has 8 heteroatoms. The second-order valence-corrected chi connectivity index (χ2v) is 5.85. The molecule has 2 aromatic rings. The van der Waals surface area contributed by atoms with Gasteiger partial charge in [-0.1, -0.05) is 6.07 Å². The Labute approximate surface area is 146 Å². The SMILES string of the molecule is O=C1NC(=S)NC(=O)C1=Cc1ccc(-c2ccc3c(c2)COC3=O)o1. The van der Waals surface area contributed by atoms with Crippen molar-refractivity contribution >= 4 is 41.2 Å². The molecule has 1 aromatic carbocycles. The summed E-state index contributed by atoms with van der Waals surface area (Å²) in [5.41, 5.74) is 2.00. The standard InChI is InChI=1S/C17H10N2O5S/c20-14-12(15(21)19-17(25)18-14)6-10-2-4-13(24-10)8-1-3-11-9(5-8)7-23-16(11)22/h1-6H,7H2,(H2,18,19,20,21,25). The van der Waals surface area contributed by atoms with Gasteiger partial charge in [0.15, 0.2) is 5.11 Å². The Bertz CT molecular complexity index is 967. The predicted molar refractivity (Wildman–Crippen MR) is 90.1 cm³/mol. The maximum absolute atomic E-state index is 11.8. The van der Waals surface area contributed by atoms with Crippen LogP contribution in [-0.4, -0.2) is 22.9 Å². The summed E-state index contributed by atoms with van der Waals surface area (Å²) in [6.07, 6.45) is 1.34. The average Bonchev–Trinajstić information content (AvgIpc) is 3.18. The number of nitrogens with one attached hydrogen (secondary N) is 2. The van der Waals surface area contributed by atoms with Crippen molar-refractivity contribution in [3.05, 3.63) is 52.8 Å². The van der Waals surface area contributed by atoms with Crippen molar-refractivity contribution in [2.45, 2.75) is 6.61 Å². The molecular formula is C17H10N2O5S. The van der Waals surface area contributed by atoms with E-state index in [-0.39, 0.29) is 23.3 Å². The number of hydrogen-bond donors (Lipinski definition) is 2. The fourth-order valence-electron chi connectivity index (χ4n) is 2.62. The van der Waals surface area contributed by atoms with Crippen LogP contribution in [-0.2, 0) is 20.9 Å². The fourth-order valence-corrected chi connectivity index (χ4v) is 2.81. The number of rotatable bonds is 2. The Hall–Kier alpha value is -3.26. The molecule has 2 aliphatic rings. The van der Waals surface area contributed by atoms with Gasteiger partial charge in [0.2, 0.25) is 0 Å². The molecular weight excluding hydrogens is 344 g/mol. The summed E-state index contributed by atoms with van der Waals surface area (Å²) < 4.78 is 10.7. The minimum absolute atomic E-state index is 0.0257. The number of carbonyl (C=O) groups excluding carboxylic acids is 3. The largest absolute Gasteiger partial charge is 0.457 e. The Morgan fingerprint density at radius 3 is 2.56 bits per heavy atom. The van der Waals surface area contributed by atoms with Crippen molar-refractivity contribution in [1.82, 2.24) is 10.6 Å². The van der Waals surface area contributed by atoms with Gasteiger partial charge in [0.25, 0.3) is 11.8 Å². The quantitative estimate of drug-likeness (QED) is 0.367. The van der Waals surface area contributed by atoms with E-state index < -0.39 is 11.8 Å². The zero-order chi connectivity index (χ0) is 17.6. The molecule has 0 unspecified atom stereocenters. The number of hydrogen-bond acceptors (Lipinski definition) is 6. The minimum atomic E-state index is -0.583. The number of esters is 1. The topological polar surface area (TPSA) is 97.6 Å². The molecule has 0 spiro atoms. The summed E-state index contributed by atoms with van der Waals surface area (Å²) in [4.78, 5) is 35.2. The predicted octanol–water partition coefficient (Wildman–Crippen LogP) is 1.53. The first kappa shape index (κ1) is 15.3. The lowest BCUT2D eigenvalue weighted by atomic mass is 10.0. The van der Waals surface area contributed by atoms with Gasteiger partial charge in [0.05, 0.1) is 5.56 Å². The van der Waals surface area contributed by atoms with Crippen molar-refractivity contribution in [2.75, 3.05) is 0 Å². The first-order valence-electron chi connectivity index (χ1n) is 7.30. The molecule has 0 saturated carbocycles. The Balaban J connectivity index is 1.64. The van der Waals surface area contributed by atoms with Gasteiger partial charge in [-0.25, -0.2) is 4.79 Å². The average molecular weight is 354 g/mol. The normalized spacial score (nSPS) is 16.2. The maximum atomic E-state index is 11.8. The number of benzene rings is 1. The molecule has 0 radical (unpaired) electrons. The number of cyclic esters (lactones) is 1. The number of amides is 2. The number of furan rings is 1. The van der Waals surface area contributed by atoms with Crippen LogP contribution in [0.15, 0.2) is 40.3 Å². The third-order valence-electron chi connectivity index (χ3n) is 3.83. The Kier molecular flexibility index (Phi) is 3.47. The van der Waals surface area contributed by atoms with E-state index in [9.17, 15) is 14.4 Å². The summed E-state index contributed by atoms with van der Waals surface area (Å²) in [6.45, 7) is 0.236. The molecule has 1 fully saturated rings. The highest BCUT2D eigenvalue weighted by atomic mass is 32.1. The van der Waals surface area contributed by atoms with Gasteiger partial charge in [0, 0.05) is 11.1 Å². The van der Waals surface area contributed by atoms with E-state index in [1.165, 1.54) is 6.08 Å². The summed E-state index contributed by atoms with van der Waals surface area (Å²) >= 11 is 4.74. The van der Waals surface area contributed by atoms with Gasteiger partial charge in [0.1, 0.15) is 23.7 Å². The first-order chi connectivity index (χ1) is 12.0. The van der Waals surface area contributed by atoms with Crippen molar-refractivity contribution in [3.8, 4) is 11.3 Å². The van der Waals surface area contributed by atoms with E-state index in [0.29, 0.717) is 17.1 Å². The highest BCUT2D eigenvalue weighted by molar-refractivity contribution is 7.80. The third kappa shape index (κ3) is 2.72. The molecule has 2 N–H and O–H groups in total. The van der Waals surface area contributed by atoms with Crippen molar-refractivity contribution in [3.63, 3.8) is 0 Å². The van der Waals surface area contributed by atoms with Gasteiger partial charge in [-0.2, -0.15) is 0 Å². The zero-order valence-corrected chi connectivity index (χ0v) is 13.4. The fraction of sp³-hybridized carbons (Fsp3) is 0.0588. The van der Waals surface area contributed by atoms with E-state index >= 15 is 0 Å². The van der Waals surface area contributed by atoms with Crippen molar-refractivity contribution in [2.24, 2.45) is 0 Å². The van der Waals surface area contributed by atoms with Crippen LogP contribution in [0.3, 0.4) is 0 Å². The van der Waals surface area contributed by atoms with Crippen LogP contribution in [0.4, 0.5) is 0 Å². The maximum Gasteiger partial charge on any atom is 0.338 e. The van der Waals surface area contributed by atoms with Crippen molar-refractivity contribution in [1.29, 1.82) is 0 Å². The summed E-state index contributed by atoms with van der Waals surface area (Å²) in [6, 6.07) is 8.61. The van der Waals surface area contributed by atoms with Crippen molar-refractivity contribution < 1.29 is 23.5 Å². The molecule has 1 aromatic heterocycles. The monoisotopic (exact) mass is 354 g/mol. The van der Waals surface area contributed by atoms with E-state index in [1.807, 2.05) is 6.07 Å². The lowest BCUT2D eigenvalue weighted by molar-refractivity contribution is -0.123. The number of fused-ring (bicyclic) bond motifs is 1. The van der Waals surface area contributed by atoms with Crippen LogP contribution in [0.1, 0.15) is 21.7 Å². The van der Waals surface area contributed by atoms with Gasteiger partial charge in [-0.3, -0.25) is 20.2 Å². The highest BCUT2D eigenvalue weighted by Crippen LogP contribution is 2.28. The number of carbonyl (C=O) groups is 3. The Morgan fingerprint density at radius 1 is 1.04 bits per heavy atom. The Morgan fingerprint density at radius 2 is 1.80 bits per heavy atom. The van der Waals surface area contributed by atoms with Crippen LogP contribution in [0.5, 0.6) is 0 Å². The molecule has 25 heavy (non-hydrogen) atoms. The molecule has 2 amide bonds. The van der Waals surface area contributed by atoms with Gasteiger partial charge in [-0.15, -0.1) is 0 Å². The lowest BCUT2D eigenvalue weighted by Crippen LogP contribution is -2.51. The number of thiocarbonyl (C=S) groups is 1. The van der Waals surface area contributed by atoms with E-state index in [1.54, 1.807) is 24.3 Å². The highest BCUT2D eigenvalue weighted by Gasteiger charge is 2.26. The molecule has 1 saturated heterocycles. The first-order valence-corrected chi connectivity index (χ1v) is 7.71. The molecule has 2 aliphatic heterocycles. The minimum Gasteiger partial charge on any atom is -0.457 e. The molecule has 124 valence electrons. The molecule has 4 rings (SSSR count). The zero-order valence-electron chi connectivity index (χ0n) is 12.6. The van der Waals surface area contributed by atoms with Gasteiger partial charge in [-0.05, 0) is 42.6 Å². The molecule has 0 atom stereocenters. The smallest absolute Gasteiger partial charge is 0.338 e.